The first-order chi connectivity index (χ1) is 21.9. The molecule has 0 aliphatic carbocycles. The molecule has 13 heteroatoms. The second-order valence-electron chi connectivity index (χ2n) is 10.5. The van der Waals surface area contributed by atoms with Gasteiger partial charge in [-0.25, -0.2) is 15.0 Å². The van der Waals surface area contributed by atoms with E-state index in [-0.39, 0.29) is 0 Å². The van der Waals surface area contributed by atoms with Crippen molar-refractivity contribution in [3.63, 3.8) is 0 Å². The SMILES string of the molecule is C1=CN(C2=C(c3ncccn3)/C(N3CCNCC3)=C(c3cnccn3)\C=N/C(N3CCOCC3)=C\2c2cccnn2)CNC1. The fourth-order valence-electron chi connectivity index (χ4n) is 5.84. The lowest BCUT2D eigenvalue weighted by Crippen LogP contribution is -2.44. The Balaban J connectivity index is 1.63. The van der Waals surface area contributed by atoms with Gasteiger partial charge in [0.2, 0.25) is 0 Å². The second kappa shape index (κ2) is 13.2. The van der Waals surface area contributed by atoms with Gasteiger partial charge in [-0.05, 0) is 18.2 Å². The van der Waals surface area contributed by atoms with Gasteiger partial charge >= 0.3 is 0 Å². The van der Waals surface area contributed by atoms with E-state index in [1.165, 1.54) is 0 Å². The van der Waals surface area contributed by atoms with Crippen LogP contribution in [0.3, 0.4) is 0 Å². The molecule has 13 nitrogen and oxygen atoms in total. The smallest absolute Gasteiger partial charge is 0.163 e. The van der Waals surface area contributed by atoms with Crippen LogP contribution in [0.25, 0.3) is 16.7 Å². The molecule has 224 valence electrons. The van der Waals surface area contributed by atoms with Gasteiger partial charge in [0.15, 0.2) is 5.82 Å². The molecule has 0 unspecified atom stereocenters. The Bertz CT molecular complexity index is 1590. The molecule has 0 spiro atoms. The van der Waals surface area contributed by atoms with Crippen molar-refractivity contribution in [3.05, 3.63) is 102 Å². The molecular formula is C31H34N12O. The first-order valence-electron chi connectivity index (χ1n) is 14.9. The molecule has 0 saturated carbocycles. The fraction of sp³-hybridized carbons (Fsp3) is 0.323. The molecule has 0 aromatic carbocycles. The molecule has 44 heavy (non-hydrogen) atoms. The molecule has 3 aromatic heterocycles. The molecule has 0 radical (unpaired) electrons. The van der Waals surface area contributed by atoms with Gasteiger partial charge in [0.25, 0.3) is 0 Å². The van der Waals surface area contributed by atoms with Crippen LogP contribution in [0.5, 0.6) is 0 Å². The van der Waals surface area contributed by atoms with Crippen LogP contribution in [0.1, 0.15) is 17.2 Å². The average Bonchev–Trinajstić information content (AvgIpc) is 3.11. The summed E-state index contributed by atoms with van der Waals surface area (Å²) in [5, 5.41) is 16.0. The lowest BCUT2D eigenvalue weighted by atomic mass is 9.93. The maximum atomic E-state index is 5.76. The Morgan fingerprint density at radius 3 is 2.36 bits per heavy atom. The molecule has 4 aliphatic rings. The molecule has 0 atom stereocenters. The van der Waals surface area contributed by atoms with Crippen molar-refractivity contribution in [1.29, 1.82) is 0 Å². The first-order valence-corrected chi connectivity index (χ1v) is 14.9. The molecule has 0 bridgehead atoms. The predicted octanol–water partition coefficient (Wildman–Crippen LogP) is 1.25. The average molecular weight is 591 g/mol. The van der Waals surface area contributed by atoms with Gasteiger partial charge < -0.3 is 24.8 Å². The summed E-state index contributed by atoms with van der Waals surface area (Å²) in [7, 11) is 0. The summed E-state index contributed by atoms with van der Waals surface area (Å²) in [4.78, 5) is 31.1. The number of rotatable bonds is 6. The number of hydrogen-bond acceptors (Lipinski definition) is 13. The number of morpholine rings is 1. The van der Waals surface area contributed by atoms with Gasteiger partial charge in [-0.3, -0.25) is 15.3 Å². The minimum atomic E-state index is 0.571. The van der Waals surface area contributed by atoms with Crippen molar-refractivity contribution in [3.8, 4) is 0 Å². The minimum absolute atomic E-state index is 0.571. The van der Waals surface area contributed by atoms with Crippen molar-refractivity contribution in [1.82, 2.24) is 55.5 Å². The van der Waals surface area contributed by atoms with Crippen molar-refractivity contribution >= 4 is 22.9 Å². The minimum Gasteiger partial charge on any atom is -0.378 e. The number of hydrogen-bond donors (Lipinski definition) is 2. The lowest BCUT2D eigenvalue weighted by molar-refractivity contribution is 0.0534. The van der Waals surface area contributed by atoms with Crippen molar-refractivity contribution in [2.24, 2.45) is 4.99 Å². The van der Waals surface area contributed by atoms with E-state index in [1.807, 2.05) is 24.4 Å². The molecule has 7 rings (SSSR count). The van der Waals surface area contributed by atoms with Gasteiger partial charge in [-0.1, -0.05) is 6.08 Å². The molecule has 7 heterocycles. The summed E-state index contributed by atoms with van der Waals surface area (Å²) in [5.41, 5.74) is 5.80. The van der Waals surface area contributed by atoms with Gasteiger partial charge in [-0.15, -0.1) is 0 Å². The summed E-state index contributed by atoms with van der Waals surface area (Å²) < 4.78 is 5.76. The molecule has 0 amide bonds. The summed E-state index contributed by atoms with van der Waals surface area (Å²) in [6, 6.07) is 5.74. The van der Waals surface area contributed by atoms with Crippen LogP contribution < -0.4 is 10.6 Å². The Morgan fingerprint density at radius 2 is 1.64 bits per heavy atom. The Morgan fingerprint density at radius 1 is 0.773 bits per heavy atom. The van der Waals surface area contributed by atoms with E-state index in [4.69, 9.17) is 24.7 Å². The third kappa shape index (κ3) is 5.72. The van der Waals surface area contributed by atoms with E-state index in [0.29, 0.717) is 50.2 Å². The van der Waals surface area contributed by atoms with E-state index in [0.717, 1.165) is 66.7 Å². The fourth-order valence-corrected chi connectivity index (χ4v) is 5.84. The van der Waals surface area contributed by atoms with E-state index in [1.54, 1.807) is 37.2 Å². The van der Waals surface area contributed by atoms with E-state index in [2.05, 4.69) is 52.8 Å². The van der Waals surface area contributed by atoms with Crippen molar-refractivity contribution in [2.45, 2.75) is 0 Å². The maximum absolute atomic E-state index is 5.76. The third-order valence-electron chi connectivity index (χ3n) is 7.82. The highest BCUT2D eigenvalue weighted by Crippen LogP contribution is 2.42. The van der Waals surface area contributed by atoms with Crippen LogP contribution in [0.15, 0.2) is 89.9 Å². The van der Waals surface area contributed by atoms with E-state index >= 15 is 0 Å². The number of piperazine rings is 1. The maximum Gasteiger partial charge on any atom is 0.163 e. The third-order valence-corrected chi connectivity index (χ3v) is 7.82. The highest BCUT2D eigenvalue weighted by molar-refractivity contribution is 6.16. The molecule has 4 aliphatic heterocycles. The van der Waals surface area contributed by atoms with Crippen LogP contribution in [0, 0.1) is 0 Å². The number of aliphatic imine (C=N–C) groups is 1. The number of aromatic nitrogens is 6. The van der Waals surface area contributed by atoms with Crippen LogP contribution in [-0.4, -0.2) is 117 Å². The van der Waals surface area contributed by atoms with Crippen LogP contribution in [0.2, 0.25) is 0 Å². The topological polar surface area (TPSA) is 133 Å². The predicted molar refractivity (Wildman–Crippen MR) is 166 cm³/mol. The van der Waals surface area contributed by atoms with Crippen LogP contribution in [0.4, 0.5) is 0 Å². The van der Waals surface area contributed by atoms with Gasteiger partial charge in [0, 0.05) is 94.8 Å². The summed E-state index contributed by atoms with van der Waals surface area (Å²) in [6.45, 7) is 7.15. The Kier molecular flexibility index (Phi) is 8.39. The quantitative estimate of drug-likeness (QED) is 0.428. The number of nitrogens with zero attached hydrogens (tertiary/aromatic N) is 10. The monoisotopic (exact) mass is 590 g/mol. The lowest BCUT2D eigenvalue weighted by Gasteiger charge is -2.39. The summed E-state index contributed by atoms with van der Waals surface area (Å²) in [6.07, 6.45) is 16.6. The van der Waals surface area contributed by atoms with Crippen molar-refractivity contribution < 1.29 is 4.74 Å². The summed E-state index contributed by atoms with van der Waals surface area (Å²) in [5.74, 6) is 1.37. The standard InChI is InChI=1S/C31H34N12O/c1-4-24(40-39-8-1)26-29(43-13-3-5-34-22-43)27(30-36-6-2-7-37-30)28(41-14-11-32-12-15-41)23(25-21-33-9-10-35-25)20-38-31(26)42-16-18-44-19-17-42/h1-4,6-10,13,20-21,32,34H,5,11-12,14-19,22H2/b23-20?,28-23-,28-27?,29-26?,29-27-,31-26+,38-20-,38-31?. The Labute approximate surface area is 255 Å². The molecule has 2 saturated heterocycles. The van der Waals surface area contributed by atoms with Crippen molar-refractivity contribution in [2.75, 3.05) is 65.7 Å². The van der Waals surface area contributed by atoms with E-state index in [9.17, 15) is 0 Å². The van der Waals surface area contributed by atoms with Crippen LogP contribution in [-0.2, 0) is 4.74 Å². The molecule has 2 N–H and O–H groups in total. The second-order valence-corrected chi connectivity index (χ2v) is 10.5. The zero-order valence-corrected chi connectivity index (χ0v) is 24.4. The van der Waals surface area contributed by atoms with Gasteiger partial charge in [-0.2, -0.15) is 10.2 Å². The highest BCUT2D eigenvalue weighted by atomic mass is 16.5. The number of nitrogens with one attached hydrogen (secondary N) is 2. The zero-order valence-electron chi connectivity index (χ0n) is 24.4. The summed E-state index contributed by atoms with van der Waals surface area (Å²) >= 11 is 0. The largest absolute Gasteiger partial charge is 0.378 e. The van der Waals surface area contributed by atoms with Gasteiger partial charge in [0.05, 0.1) is 60.0 Å². The highest BCUT2D eigenvalue weighted by Gasteiger charge is 2.35. The molecule has 3 aromatic rings. The normalized spacial score (nSPS) is 25.5. The van der Waals surface area contributed by atoms with E-state index < -0.39 is 0 Å². The zero-order chi connectivity index (χ0) is 29.6. The van der Waals surface area contributed by atoms with Gasteiger partial charge in [0.1, 0.15) is 5.82 Å². The Hall–Kier alpha value is -4.85. The molecular weight excluding hydrogens is 556 g/mol. The molecule has 2 fully saturated rings. The van der Waals surface area contributed by atoms with Crippen LogP contribution >= 0.6 is 0 Å². The number of ether oxygens (including phenoxy) is 1. The first kappa shape index (κ1) is 28.0. The number of allylic oxidation sites excluding steroid dienone is 3.